The minimum Gasteiger partial charge on any atom is -0.449 e. The summed E-state index contributed by atoms with van der Waals surface area (Å²) in [6.45, 7) is 3.57. The van der Waals surface area contributed by atoms with E-state index in [9.17, 15) is 35.9 Å². The number of benzene rings is 2. The number of halogens is 6. The topological polar surface area (TPSA) is 67.9 Å². The number of alkyl halides is 6. The molecule has 0 radical (unpaired) electrons. The second-order valence-corrected chi connectivity index (χ2v) is 10.5. The molecule has 2 aromatic rings. The van der Waals surface area contributed by atoms with E-state index in [-0.39, 0.29) is 30.7 Å². The van der Waals surface area contributed by atoms with E-state index in [1.807, 2.05) is 26.0 Å². The number of alkyl carbamates (subject to hydrolysis) is 1. The van der Waals surface area contributed by atoms with Crippen LogP contribution in [0.1, 0.15) is 79.0 Å². The van der Waals surface area contributed by atoms with E-state index in [4.69, 9.17) is 9.47 Å². The molecule has 2 aromatic carbocycles. The zero-order valence-corrected chi connectivity index (χ0v) is 22.8. The van der Waals surface area contributed by atoms with E-state index in [0.29, 0.717) is 30.7 Å². The van der Waals surface area contributed by atoms with E-state index in [1.54, 1.807) is 4.90 Å². The van der Waals surface area contributed by atoms with Crippen molar-refractivity contribution in [3.8, 4) is 0 Å². The van der Waals surface area contributed by atoms with Crippen molar-refractivity contribution in [1.82, 2.24) is 5.32 Å². The lowest BCUT2D eigenvalue weighted by Crippen LogP contribution is -2.47. The molecule has 0 aromatic heterocycles. The summed E-state index contributed by atoms with van der Waals surface area (Å²) < 4.78 is 89.5. The zero-order valence-electron chi connectivity index (χ0n) is 22.8. The predicted molar refractivity (Wildman–Crippen MR) is 139 cm³/mol. The quantitative estimate of drug-likeness (QED) is 0.352. The summed E-state index contributed by atoms with van der Waals surface area (Å²) in [4.78, 5) is 27.2. The van der Waals surface area contributed by atoms with Gasteiger partial charge in [0, 0.05) is 12.5 Å². The van der Waals surface area contributed by atoms with Crippen LogP contribution in [0.25, 0.3) is 0 Å². The number of carbonyl (C=O) groups excluding carboxylic acids is 2. The minimum atomic E-state index is -4.96. The Hall–Kier alpha value is -3.44. The van der Waals surface area contributed by atoms with Crippen LogP contribution in [0.2, 0.25) is 0 Å². The van der Waals surface area contributed by atoms with Crippen LogP contribution in [0.5, 0.6) is 0 Å². The summed E-state index contributed by atoms with van der Waals surface area (Å²) in [6.07, 6.45) is -6.79. The number of amides is 2. The Morgan fingerprint density at radius 3 is 2.10 bits per heavy atom. The van der Waals surface area contributed by atoms with Gasteiger partial charge in [0.15, 0.2) is 0 Å². The zero-order chi connectivity index (χ0) is 29.9. The van der Waals surface area contributed by atoms with Gasteiger partial charge in [0.1, 0.15) is 0 Å². The lowest BCUT2D eigenvalue weighted by atomic mass is 9.84. The second kappa shape index (κ2) is 12.2. The predicted octanol–water partition coefficient (Wildman–Crippen LogP) is 7.76. The molecule has 2 aliphatic rings. The Balaban J connectivity index is 1.49. The van der Waals surface area contributed by atoms with Gasteiger partial charge >= 0.3 is 24.5 Å². The highest BCUT2D eigenvalue weighted by Gasteiger charge is 2.38. The third-order valence-corrected chi connectivity index (χ3v) is 7.33. The number of anilines is 1. The van der Waals surface area contributed by atoms with Crippen molar-refractivity contribution >= 4 is 17.9 Å². The molecule has 12 heteroatoms. The number of rotatable bonds is 6. The first-order valence-corrected chi connectivity index (χ1v) is 13.6. The highest BCUT2D eigenvalue weighted by molar-refractivity contribution is 5.91. The molecule has 1 heterocycles. The molecule has 224 valence electrons. The van der Waals surface area contributed by atoms with Crippen LogP contribution in [-0.4, -0.2) is 31.4 Å². The van der Waals surface area contributed by atoms with Gasteiger partial charge in [-0.25, -0.2) is 9.59 Å². The molecule has 1 aliphatic heterocycles. The maximum absolute atomic E-state index is 13.1. The molecule has 2 amide bonds. The Labute approximate surface area is 234 Å². The molecule has 0 fully saturated rings. The van der Waals surface area contributed by atoms with E-state index in [1.165, 1.54) is 0 Å². The van der Waals surface area contributed by atoms with Crippen molar-refractivity contribution in [2.24, 2.45) is 0 Å². The normalized spacial score (nSPS) is 18.8. The third kappa shape index (κ3) is 7.26. The number of aryl methyl sites for hydroxylation is 2. The Bertz CT molecular complexity index is 1240. The maximum atomic E-state index is 13.1. The first kappa shape index (κ1) is 30.5. The van der Waals surface area contributed by atoms with Crippen molar-refractivity contribution in [3.05, 3.63) is 63.7 Å². The monoisotopic (exact) mass is 586 g/mol. The lowest BCUT2D eigenvalue weighted by molar-refractivity contribution is -0.143. The lowest BCUT2D eigenvalue weighted by Gasteiger charge is -2.39. The minimum absolute atomic E-state index is 0.0544. The highest BCUT2D eigenvalue weighted by Crippen LogP contribution is 2.41. The summed E-state index contributed by atoms with van der Waals surface area (Å²) in [6, 6.07) is 4.39. The van der Waals surface area contributed by atoms with Gasteiger partial charge in [-0.2, -0.15) is 26.3 Å². The largest absolute Gasteiger partial charge is 0.449 e. The number of nitrogens with one attached hydrogen (secondary N) is 1. The average Bonchev–Trinajstić information content (AvgIpc) is 2.89. The molecule has 2 atom stereocenters. The molecule has 0 unspecified atom stereocenters. The van der Waals surface area contributed by atoms with Gasteiger partial charge < -0.3 is 14.8 Å². The van der Waals surface area contributed by atoms with Crippen LogP contribution >= 0.6 is 0 Å². The highest BCUT2D eigenvalue weighted by atomic mass is 19.4. The molecule has 41 heavy (non-hydrogen) atoms. The molecule has 0 bridgehead atoms. The molecular weight excluding hydrogens is 554 g/mol. The molecule has 0 saturated carbocycles. The van der Waals surface area contributed by atoms with Crippen molar-refractivity contribution in [2.45, 2.75) is 83.2 Å². The van der Waals surface area contributed by atoms with E-state index in [2.05, 4.69) is 5.32 Å². The Kier molecular flexibility index (Phi) is 9.08. The number of carbonyl (C=O) groups is 2. The van der Waals surface area contributed by atoms with E-state index in [0.717, 1.165) is 42.4 Å². The van der Waals surface area contributed by atoms with Gasteiger partial charge in [-0.3, -0.25) is 4.90 Å². The summed E-state index contributed by atoms with van der Waals surface area (Å²) in [5.74, 6) is 0. The first-order chi connectivity index (χ1) is 19.3. The molecule has 0 spiro atoms. The fourth-order valence-electron chi connectivity index (χ4n) is 5.37. The molecule has 1 aliphatic carbocycles. The molecule has 1 N–H and O–H groups in total. The van der Waals surface area contributed by atoms with Gasteiger partial charge in [-0.15, -0.1) is 0 Å². The SMILES string of the molecule is CCCOC(=O)N1c2cc3c(cc2[C@@H](NC(=O)OCCc2cc(C(F)(F)F)cc(C(F)(F)F)c2)C[C@H]1C)CCCC3. The number of hydrogen-bond acceptors (Lipinski definition) is 4. The van der Waals surface area contributed by atoms with Crippen molar-refractivity contribution in [3.63, 3.8) is 0 Å². The third-order valence-electron chi connectivity index (χ3n) is 7.33. The van der Waals surface area contributed by atoms with Crippen LogP contribution < -0.4 is 10.2 Å². The second-order valence-electron chi connectivity index (χ2n) is 10.5. The van der Waals surface area contributed by atoms with Gasteiger partial charge in [-0.05, 0) is 92.0 Å². The van der Waals surface area contributed by atoms with Gasteiger partial charge in [0.05, 0.1) is 36.1 Å². The smallest absolute Gasteiger partial charge is 0.416 e. The summed E-state index contributed by atoms with van der Waals surface area (Å²) in [5.41, 5.74) is 0.523. The van der Waals surface area contributed by atoms with E-state index >= 15 is 0 Å². The standard InChI is InChI=1S/C29H32F6N2O4/c1-3-9-41-27(39)37-17(2)11-24(23-14-19-6-4-5-7-20(19)15-25(23)37)36-26(38)40-10-8-18-12-21(28(30,31)32)16-22(13-18)29(33,34)35/h12-17,24H,3-11H2,1-2H3,(H,36,38)/t17-,24+/m1/s1. The van der Waals surface area contributed by atoms with Crippen LogP contribution in [-0.2, 0) is 41.1 Å². The van der Waals surface area contributed by atoms with Crippen molar-refractivity contribution in [1.29, 1.82) is 0 Å². The maximum Gasteiger partial charge on any atom is 0.416 e. The fraction of sp³-hybridized carbons (Fsp3) is 0.517. The van der Waals surface area contributed by atoms with Gasteiger partial charge in [0.25, 0.3) is 0 Å². The molecule has 4 rings (SSSR count). The van der Waals surface area contributed by atoms with Gasteiger partial charge in [0.2, 0.25) is 0 Å². The summed E-state index contributed by atoms with van der Waals surface area (Å²) in [7, 11) is 0. The van der Waals surface area contributed by atoms with Crippen molar-refractivity contribution < 1.29 is 45.4 Å². The molecular formula is C29H32F6N2O4. The van der Waals surface area contributed by atoms with Crippen molar-refractivity contribution in [2.75, 3.05) is 18.1 Å². The number of hydrogen-bond donors (Lipinski definition) is 1. The van der Waals surface area contributed by atoms with Gasteiger partial charge in [-0.1, -0.05) is 13.0 Å². The van der Waals surface area contributed by atoms with Crippen LogP contribution in [0, 0.1) is 0 Å². The number of fused-ring (bicyclic) bond motifs is 2. The average molecular weight is 587 g/mol. The Morgan fingerprint density at radius 2 is 1.51 bits per heavy atom. The summed E-state index contributed by atoms with van der Waals surface area (Å²) in [5, 5.41) is 2.77. The van der Waals surface area contributed by atoms with Crippen LogP contribution in [0.3, 0.4) is 0 Å². The number of nitrogens with zero attached hydrogens (tertiary/aromatic N) is 1. The molecule has 6 nitrogen and oxygen atoms in total. The molecule has 0 saturated heterocycles. The fourth-order valence-corrected chi connectivity index (χ4v) is 5.37. The number of ether oxygens (including phenoxy) is 2. The van der Waals surface area contributed by atoms with Crippen LogP contribution in [0.4, 0.5) is 41.6 Å². The summed E-state index contributed by atoms with van der Waals surface area (Å²) >= 11 is 0. The Morgan fingerprint density at radius 1 is 0.902 bits per heavy atom. The van der Waals surface area contributed by atoms with Crippen LogP contribution in [0.15, 0.2) is 30.3 Å². The first-order valence-electron chi connectivity index (χ1n) is 13.6. The van der Waals surface area contributed by atoms with E-state index < -0.39 is 48.3 Å².